The molecule has 2 amide bonds. The Bertz CT molecular complexity index is 771. The normalized spacial score (nSPS) is 25.8. The van der Waals surface area contributed by atoms with Crippen LogP contribution in [-0.2, 0) is 14.4 Å². The van der Waals surface area contributed by atoms with Crippen LogP contribution in [0.1, 0.15) is 47.0 Å². The van der Waals surface area contributed by atoms with Gasteiger partial charge in [-0.05, 0) is 48.1 Å². The van der Waals surface area contributed by atoms with Crippen molar-refractivity contribution in [2.75, 3.05) is 0 Å². The summed E-state index contributed by atoms with van der Waals surface area (Å²) in [6, 6.07) is -1.73. The number of carboxylic acid groups (broad SMARTS) is 1. The summed E-state index contributed by atoms with van der Waals surface area (Å²) >= 11 is 1.39. The summed E-state index contributed by atoms with van der Waals surface area (Å²) in [5.74, 6) is -3.48. The van der Waals surface area contributed by atoms with E-state index in [-0.39, 0.29) is 17.1 Å². The van der Waals surface area contributed by atoms with Crippen molar-refractivity contribution in [2.45, 2.75) is 59.0 Å². The van der Waals surface area contributed by atoms with Crippen LogP contribution in [0.3, 0.4) is 0 Å². The van der Waals surface area contributed by atoms with Gasteiger partial charge >= 0.3 is 5.97 Å². The molecule has 2 atom stereocenters. The molecule has 9 heteroatoms. The summed E-state index contributed by atoms with van der Waals surface area (Å²) in [5, 5.41) is 22.4. The first-order valence-corrected chi connectivity index (χ1v) is 9.76. The van der Waals surface area contributed by atoms with Crippen molar-refractivity contribution in [3.05, 3.63) is 21.8 Å². The molecule has 0 aromatic carbocycles. The van der Waals surface area contributed by atoms with Crippen LogP contribution in [0.5, 0.6) is 0 Å². The Kier molecular flexibility index (Phi) is 5.02. The Morgan fingerprint density at radius 3 is 2.63 bits per heavy atom. The first-order chi connectivity index (χ1) is 12.5. The lowest BCUT2D eigenvalue weighted by molar-refractivity contribution is -0.143. The maximum atomic E-state index is 12.6. The van der Waals surface area contributed by atoms with Gasteiger partial charge in [-0.25, -0.2) is 4.79 Å². The van der Waals surface area contributed by atoms with E-state index in [2.05, 4.69) is 24.6 Å². The van der Waals surface area contributed by atoms with Crippen molar-refractivity contribution < 1.29 is 24.6 Å². The molecule has 0 saturated carbocycles. The van der Waals surface area contributed by atoms with Gasteiger partial charge in [0.2, 0.25) is 0 Å². The number of hydrogen-bond donors (Lipinski definition) is 4. The van der Waals surface area contributed by atoms with Gasteiger partial charge in [0.1, 0.15) is 23.4 Å². The maximum absolute atomic E-state index is 12.6. The van der Waals surface area contributed by atoms with Crippen molar-refractivity contribution in [2.24, 2.45) is 11.3 Å². The van der Waals surface area contributed by atoms with E-state index in [0.717, 1.165) is 29.7 Å². The third-order valence-electron chi connectivity index (χ3n) is 5.24. The van der Waals surface area contributed by atoms with Crippen LogP contribution >= 0.6 is 11.9 Å². The zero-order chi connectivity index (χ0) is 20.1. The zero-order valence-electron chi connectivity index (χ0n) is 15.8. The second kappa shape index (κ2) is 6.87. The van der Waals surface area contributed by atoms with Crippen molar-refractivity contribution >= 4 is 29.7 Å². The highest BCUT2D eigenvalue weighted by atomic mass is 32.2. The van der Waals surface area contributed by atoms with Crippen LogP contribution in [-0.4, -0.2) is 44.5 Å². The van der Waals surface area contributed by atoms with Gasteiger partial charge in [0.05, 0.1) is 0 Å². The van der Waals surface area contributed by atoms with Crippen molar-refractivity contribution in [3.63, 3.8) is 0 Å². The number of aliphatic hydroxyl groups excluding tert-OH is 1. The quantitative estimate of drug-likeness (QED) is 0.424. The second-order valence-electron chi connectivity index (χ2n) is 8.34. The number of aliphatic carboxylic acids is 1. The lowest BCUT2D eigenvalue weighted by Crippen LogP contribution is -2.54. The predicted molar refractivity (Wildman–Crippen MR) is 100 cm³/mol. The first-order valence-electron chi connectivity index (χ1n) is 8.99. The van der Waals surface area contributed by atoms with Gasteiger partial charge in [-0.3, -0.25) is 15.0 Å². The number of aliphatic hydroxyl groups is 1. The van der Waals surface area contributed by atoms with Crippen LogP contribution in [0.2, 0.25) is 0 Å². The first kappa shape index (κ1) is 19.8. The summed E-state index contributed by atoms with van der Waals surface area (Å²) in [7, 11) is 0. The molecule has 4 N–H and O–H groups in total. The summed E-state index contributed by atoms with van der Waals surface area (Å²) < 4.78 is 1.58. The van der Waals surface area contributed by atoms with E-state index in [9.17, 15) is 24.6 Å². The fourth-order valence-electron chi connectivity index (χ4n) is 3.66. The van der Waals surface area contributed by atoms with Gasteiger partial charge in [0.25, 0.3) is 11.8 Å². The van der Waals surface area contributed by atoms with Crippen LogP contribution in [0, 0.1) is 11.3 Å². The number of hydrazine groups is 1. The molecule has 0 radical (unpaired) electrons. The molecule has 0 fully saturated rings. The fourth-order valence-corrected chi connectivity index (χ4v) is 5.15. The number of carbonyl (C=O) groups is 3. The Labute approximate surface area is 162 Å². The molecule has 3 rings (SSSR count). The maximum Gasteiger partial charge on any atom is 0.326 e. The smallest absolute Gasteiger partial charge is 0.326 e. The summed E-state index contributed by atoms with van der Waals surface area (Å²) in [5.41, 5.74) is 3.39. The van der Waals surface area contributed by atoms with Gasteiger partial charge in [-0.15, -0.1) is 4.41 Å². The Morgan fingerprint density at radius 1 is 1.37 bits per heavy atom. The predicted octanol–water partition coefficient (Wildman–Crippen LogP) is 1.87. The highest BCUT2D eigenvalue weighted by molar-refractivity contribution is 8.01. The molecular weight excluding hydrogens is 370 g/mol. The molecule has 27 heavy (non-hydrogen) atoms. The largest absolute Gasteiger partial charge is 0.509 e. The number of hydrogen-bond acceptors (Lipinski definition) is 6. The summed E-state index contributed by atoms with van der Waals surface area (Å²) in [6.45, 7) is 7.68. The second-order valence-corrected chi connectivity index (χ2v) is 9.41. The number of allylic oxidation sites excluding steroid dienone is 1. The van der Waals surface area contributed by atoms with Gasteiger partial charge in [0.15, 0.2) is 0 Å². The molecule has 2 heterocycles. The summed E-state index contributed by atoms with van der Waals surface area (Å²) in [4.78, 5) is 37.5. The fraction of sp³-hybridized carbons (Fsp3) is 0.611. The molecule has 2 aliphatic heterocycles. The van der Waals surface area contributed by atoms with Crippen molar-refractivity contribution in [1.82, 2.24) is 15.2 Å². The molecular formula is C18H25N3O5S. The molecule has 1 aliphatic carbocycles. The van der Waals surface area contributed by atoms with Crippen molar-refractivity contribution in [1.29, 1.82) is 0 Å². The lowest BCUT2D eigenvalue weighted by atomic mass is 9.76. The number of amides is 2. The Hall–Kier alpha value is -2.00. The molecule has 0 spiro atoms. The van der Waals surface area contributed by atoms with Gasteiger partial charge in [-0.2, -0.15) is 0 Å². The van der Waals surface area contributed by atoms with Gasteiger partial charge in [-0.1, -0.05) is 27.7 Å². The molecule has 8 nitrogen and oxygen atoms in total. The van der Waals surface area contributed by atoms with Gasteiger partial charge in [0, 0.05) is 4.91 Å². The minimum Gasteiger partial charge on any atom is -0.509 e. The Balaban J connectivity index is 1.91. The van der Waals surface area contributed by atoms with Gasteiger partial charge < -0.3 is 15.5 Å². The van der Waals surface area contributed by atoms with E-state index < -0.39 is 35.4 Å². The third kappa shape index (κ3) is 3.58. The number of nitrogens with zero attached hydrogens (tertiary/aromatic N) is 1. The number of carbonyl (C=O) groups excluding carboxylic acids is 2. The van der Waals surface area contributed by atoms with Crippen LogP contribution < -0.4 is 10.7 Å². The van der Waals surface area contributed by atoms with Crippen LogP contribution in [0.4, 0.5) is 0 Å². The van der Waals surface area contributed by atoms with Crippen LogP contribution in [0.25, 0.3) is 0 Å². The number of rotatable bonds is 4. The molecule has 3 aliphatic rings. The molecule has 148 valence electrons. The molecule has 0 aromatic rings. The minimum absolute atomic E-state index is 0.149. The third-order valence-corrected chi connectivity index (χ3v) is 6.37. The molecule has 0 bridgehead atoms. The molecule has 0 aromatic heterocycles. The zero-order valence-corrected chi connectivity index (χ0v) is 16.6. The summed E-state index contributed by atoms with van der Waals surface area (Å²) in [6.07, 6.45) is 2.57. The van der Waals surface area contributed by atoms with E-state index >= 15 is 0 Å². The topological polar surface area (TPSA) is 119 Å². The monoisotopic (exact) mass is 395 g/mol. The highest BCUT2D eigenvalue weighted by Gasteiger charge is 2.47. The number of fused-ring (bicyclic) bond motifs is 2. The number of nitrogens with one attached hydrogen (secondary N) is 2. The number of carboxylic acids is 1. The van der Waals surface area contributed by atoms with E-state index in [1.54, 1.807) is 18.3 Å². The van der Waals surface area contributed by atoms with E-state index in [4.69, 9.17) is 0 Å². The van der Waals surface area contributed by atoms with E-state index in [1.807, 2.05) is 0 Å². The lowest BCUT2D eigenvalue weighted by Gasteiger charge is -2.33. The molecule has 0 saturated heterocycles. The Morgan fingerprint density at radius 2 is 2.04 bits per heavy atom. The SMILES string of the molecule is CC(C)C(NC(=O)C1=C(O)C2C3=C(CC(C)(C)CC3)SN2NC1=O)C(=O)O. The van der Waals surface area contributed by atoms with E-state index in [0.29, 0.717) is 0 Å². The average Bonchev–Trinajstić information content (AvgIpc) is 2.87. The molecule has 2 unspecified atom stereocenters. The average molecular weight is 395 g/mol. The van der Waals surface area contributed by atoms with Crippen molar-refractivity contribution in [3.8, 4) is 0 Å². The van der Waals surface area contributed by atoms with E-state index in [1.165, 1.54) is 11.9 Å². The highest BCUT2D eigenvalue weighted by Crippen LogP contribution is 2.52. The standard InChI is InChI=1S/C18H25N3O5S/c1-8(2)12(17(25)26)19-15(23)11-14(22)13-9-5-6-18(3,4)7-10(9)27-21(13)20-16(11)24/h8,12-13,22H,5-7H2,1-4H3,(H,19,23)(H,20,24)(H,25,26). The van der Waals surface area contributed by atoms with Crippen LogP contribution in [0.15, 0.2) is 21.8 Å². The minimum atomic E-state index is -1.19.